The van der Waals surface area contributed by atoms with E-state index in [1.165, 1.54) is 0 Å². The predicted molar refractivity (Wildman–Crippen MR) is 82.5 cm³/mol. The Labute approximate surface area is 126 Å². The molecule has 122 valence electrons. The second kappa shape index (κ2) is 9.44. The fraction of sp³-hybridized carbons (Fsp3) is 0.857. The smallest absolute Gasteiger partial charge is 0.407 e. The molecule has 0 aromatic rings. The molecule has 0 saturated heterocycles. The quantitative estimate of drug-likeness (QED) is 0.454. The lowest BCUT2D eigenvalue weighted by atomic mass is 10.2. The second-order valence-corrected chi connectivity index (χ2v) is 5.26. The van der Waals surface area contributed by atoms with Crippen LogP contribution in [0.15, 0.2) is 4.99 Å². The molecular formula is C14H28N4O3. The third kappa shape index (κ3) is 7.17. The number of hydrogen-bond donors (Lipinski definition) is 3. The van der Waals surface area contributed by atoms with Gasteiger partial charge in [0, 0.05) is 26.7 Å². The molecule has 0 spiro atoms. The minimum absolute atomic E-state index is 0.0698. The summed E-state index contributed by atoms with van der Waals surface area (Å²) >= 11 is 0. The van der Waals surface area contributed by atoms with Gasteiger partial charge in [0.15, 0.2) is 5.96 Å². The Bertz CT molecular complexity index is 345. The first-order chi connectivity index (χ1) is 10.1. The van der Waals surface area contributed by atoms with E-state index in [9.17, 15) is 4.79 Å². The molecule has 3 N–H and O–H groups in total. The summed E-state index contributed by atoms with van der Waals surface area (Å²) < 4.78 is 10.0. The lowest BCUT2D eigenvalue weighted by Crippen LogP contribution is -2.50. The van der Waals surface area contributed by atoms with Crippen LogP contribution in [-0.2, 0) is 9.47 Å². The zero-order valence-electron chi connectivity index (χ0n) is 13.4. The van der Waals surface area contributed by atoms with Crippen molar-refractivity contribution >= 4 is 12.1 Å². The number of methoxy groups -OCH3 is 1. The van der Waals surface area contributed by atoms with Crippen LogP contribution in [0.4, 0.5) is 4.79 Å². The number of alkyl carbamates (subject to hydrolysis) is 1. The van der Waals surface area contributed by atoms with E-state index < -0.39 is 0 Å². The van der Waals surface area contributed by atoms with E-state index in [0.29, 0.717) is 31.6 Å². The third-order valence-corrected chi connectivity index (χ3v) is 3.28. The molecule has 7 nitrogen and oxygen atoms in total. The SMILES string of the molecule is CCOC(=O)NC(CNC(=NC)NC(C)COC)C1CC1. The topological polar surface area (TPSA) is 84.0 Å². The molecule has 1 aliphatic rings. The Hall–Kier alpha value is -1.50. The van der Waals surface area contributed by atoms with Gasteiger partial charge in [0.25, 0.3) is 0 Å². The van der Waals surface area contributed by atoms with Gasteiger partial charge in [-0.1, -0.05) is 0 Å². The van der Waals surface area contributed by atoms with E-state index in [1.807, 2.05) is 6.92 Å². The van der Waals surface area contributed by atoms with E-state index in [-0.39, 0.29) is 18.2 Å². The van der Waals surface area contributed by atoms with Crippen molar-refractivity contribution in [1.29, 1.82) is 0 Å². The summed E-state index contributed by atoms with van der Waals surface area (Å²) in [6, 6.07) is 0.235. The van der Waals surface area contributed by atoms with E-state index in [2.05, 4.69) is 20.9 Å². The predicted octanol–water partition coefficient (Wildman–Crippen LogP) is 0.711. The average molecular weight is 300 g/mol. The van der Waals surface area contributed by atoms with Gasteiger partial charge in [0.05, 0.1) is 19.3 Å². The highest BCUT2D eigenvalue weighted by atomic mass is 16.5. The summed E-state index contributed by atoms with van der Waals surface area (Å²) in [7, 11) is 3.39. The van der Waals surface area contributed by atoms with Crippen molar-refractivity contribution in [2.24, 2.45) is 10.9 Å². The zero-order chi connectivity index (χ0) is 15.7. The Morgan fingerprint density at radius 2 is 2.10 bits per heavy atom. The number of carbonyl (C=O) groups is 1. The van der Waals surface area contributed by atoms with Crippen molar-refractivity contribution < 1.29 is 14.3 Å². The van der Waals surface area contributed by atoms with Crippen LogP contribution in [0.2, 0.25) is 0 Å². The lowest BCUT2D eigenvalue weighted by Gasteiger charge is -2.22. The molecule has 21 heavy (non-hydrogen) atoms. The van der Waals surface area contributed by atoms with Crippen LogP contribution >= 0.6 is 0 Å². The number of carbonyl (C=O) groups excluding carboxylic acids is 1. The summed E-state index contributed by atoms with van der Waals surface area (Å²) in [6.07, 6.45) is 1.93. The number of ether oxygens (including phenoxy) is 2. The monoisotopic (exact) mass is 300 g/mol. The van der Waals surface area contributed by atoms with E-state index >= 15 is 0 Å². The number of hydrogen-bond acceptors (Lipinski definition) is 4. The number of nitrogens with one attached hydrogen (secondary N) is 3. The molecule has 1 fully saturated rings. The summed E-state index contributed by atoms with van der Waals surface area (Å²) in [5, 5.41) is 9.38. The van der Waals surface area contributed by atoms with Crippen LogP contribution in [0.25, 0.3) is 0 Å². The van der Waals surface area contributed by atoms with Crippen LogP contribution in [0.1, 0.15) is 26.7 Å². The van der Waals surface area contributed by atoms with E-state index in [0.717, 1.165) is 12.8 Å². The van der Waals surface area contributed by atoms with Gasteiger partial charge in [-0.05, 0) is 32.6 Å². The summed E-state index contributed by atoms with van der Waals surface area (Å²) in [5.41, 5.74) is 0. The minimum atomic E-state index is -0.355. The molecule has 1 rings (SSSR count). The Balaban J connectivity index is 2.38. The van der Waals surface area contributed by atoms with Crippen molar-refractivity contribution in [2.45, 2.75) is 38.8 Å². The van der Waals surface area contributed by atoms with Crippen LogP contribution in [-0.4, -0.2) is 58.1 Å². The molecule has 0 heterocycles. The number of aliphatic imine (C=N–C) groups is 1. The van der Waals surface area contributed by atoms with Crippen LogP contribution in [0.3, 0.4) is 0 Å². The normalized spacial score (nSPS) is 17.8. The van der Waals surface area contributed by atoms with Crippen molar-refractivity contribution in [1.82, 2.24) is 16.0 Å². The standard InChI is InChI=1S/C14H28N4O3/c1-5-21-14(19)18-12(11-6-7-11)8-16-13(15-3)17-10(2)9-20-4/h10-12H,5-9H2,1-4H3,(H,18,19)(H2,15,16,17). The maximum Gasteiger partial charge on any atom is 0.407 e. The molecule has 0 bridgehead atoms. The molecule has 7 heteroatoms. The average Bonchev–Trinajstić information content (AvgIpc) is 3.26. The summed E-state index contributed by atoms with van der Waals surface area (Å²) in [4.78, 5) is 15.7. The fourth-order valence-electron chi connectivity index (χ4n) is 2.08. The first-order valence-corrected chi connectivity index (χ1v) is 7.50. The maximum atomic E-state index is 11.5. The fourth-order valence-corrected chi connectivity index (χ4v) is 2.08. The number of rotatable bonds is 8. The molecule has 1 amide bonds. The summed E-state index contributed by atoms with van der Waals surface area (Å²) in [5.74, 6) is 1.23. The van der Waals surface area contributed by atoms with Gasteiger partial charge in [-0.2, -0.15) is 0 Å². The molecule has 2 atom stereocenters. The van der Waals surface area contributed by atoms with Gasteiger partial charge in [0.2, 0.25) is 0 Å². The third-order valence-electron chi connectivity index (χ3n) is 3.28. The van der Waals surface area contributed by atoms with Gasteiger partial charge in [-0.15, -0.1) is 0 Å². The lowest BCUT2D eigenvalue weighted by molar-refractivity contribution is 0.146. The van der Waals surface area contributed by atoms with E-state index in [4.69, 9.17) is 9.47 Å². The molecular weight excluding hydrogens is 272 g/mol. The van der Waals surface area contributed by atoms with Gasteiger partial charge in [-0.3, -0.25) is 4.99 Å². The second-order valence-electron chi connectivity index (χ2n) is 5.26. The number of amides is 1. The molecule has 0 aromatic heterocycles. The Morgan fingerprint density at radius 3 is 2.62 bits per heavy atom. The van der Waals surface area contributed by atoms with Crippen molar-refractivity contribution in [3.8, 4) is 0 Å². The molecule has 1 aliphatic carbocycles. The zero-order valence-corrected chi connectivity index (χ0v) is 13.4. The van der Waals surface area contributed by atoms with Crippen molar-refractivity contribution in [3.63, 3.8) is 0 Å². The molecule has 0 aromatic carbocycles. The summed E-state index contributed by atoms with van der Waals surface area (Å²) in [6.45, 7) is 5.43. The Morgan fingerprint density at radius 1 is 1.38 bits per heavy atom. The van der Waals surface area contributed by atoms with E-state index in [1.54, 1.807) is 21.1 Å². The van der Waals surface area contributed by atoms with Gasteiger partial charge < -0.3 is 25.4 Å². The highest BCUT2D eigenvalue weighted by Gasteiger charge is 2.32. The molecule has 0 radical (unpaired) electrons. The number of guanidine groups is 1. The van der Waals surface area contributed by atoms with Crippen LogP contribution < -0.4 is 16.0 Å². The largest absolute Gasteiger partial charge is 0.450 e. The Kier molecular flexibility index (Phi) is 7.89. The highest BCUT2D eigenvalue weighted by molar-refractivity contribution is 5.80. The van der Waals surface area contributed by atoms with Crippen LogP contribution in [0, 0.1) is 5.92 Å². The molecule has 2 unspecified atom stereocenters. The maximum absolute atomic E-state index is 11.5. The van der Waals surface area contributed by atoms with Crippen LogP contribution in [0.5, 0.6) is 0 Å². The van der Waals surface area contributed by atoms with Gasteiger partial charge in [-0.25, -0.2) is 4.79 Å². The van der Waals surface area contributed by atoms with Crippen molar-refractivity contribution in [3.05, 3.63) is 0 Å². The highest BCUT2D eigenvalue weighted by Crippen LogP contribution is 2.32. The molecule has 0 aliphatic heterocycles. The molecule has 1 saturated carbocycles. The first-order valence-electron chi connectivity index (χ1n) is 7.50. The first kappa shape index (κ1) is 17.6. The minimum Gasteiger partial charge on any atom is -0.450 e. The number of nitrogens with zero attached hydrogens (tertiary/aromatic N) is 1. The van der Waals surface area contributed by atoms with Crippen molar-refractivity contribution in [2.75, 3.05) is 33.9 Å². The van der Waals surface area contributed by atoms with Gasteiger partial charge in [0.1, 0.15) is 0 Å². The van der Waals surface area contributed by atoms with Gasteiger partial charge >= 0.3 is 6.09 Å².